The van der Waals surface area contributed by atoms with Crippen LogP contribution in [-0.4, -0.2) is 42.9 Å². The van der Waals surface area contributed by atoms with E-state index in [1.165, 1.54) is 0 Å². The molecule has 0 spiro atoms. The molecule has 0 N–H and O–H groups in total. The molecule has 0 aromatic heterocycles. The second-order valence-corrected chi connectivity index (χ2v) is 4.65. The van der Waals surface area contributed by atoms with Crippen LogP contribution in [0.4, 0.5) is 48.3 Å². The molecule has 0 amide bonds. The van der Waals surface area contributed by atoms with Gasteiger partial charge in [0.25, 0.3) is 0 Å². The van der Waals surface area contributed by atoms with Crippen LogP contribution in [-0.2, 0) is 9.47 Å². The topological polar surface area (TPSA) is 18.5 Å². The molecule has 1 fully saturated rings. The molecule has 1 aliphatic heterocycles. The third kappa shape index (κ3) is 3.35. The Hall–Kier alpha value is -0.850. The second kappa shape index (κ2) is 5.90. The van der Waals surface area contributed by atoms with Crippen LogP contribution in [0.5, 0.6) is 0 Å². The van der Waals surface area contributed by atoms with E-state index in [4.69, 9.17) is 0 Å². The summed E-state index contributed by atoms with van der Waals surface area (Å²) in [6, 6.07) is 0. The standard InChI is InChI=1S/C10H9F11O2/c11-6(12,7(13,14)9(17,18)19)8(15,16)10(20,21)23-5-3-1-2-4-22-5/h5H,1-4H2. The summed E-state index contributed by atoms with van der Waals surface area (Å²) in [5.74, 6) is -22.0. The minimum absolute atomic E-state index is 0.113. The van der Waals surface area contributed by atoms with Gasteiger partial charge >= 0.3 is 30.1 Å². The zero-order valence-corrected chi connectivity index (χ0v) is 10.9. The summed E-state index contributed by atoms with van der Waals surface area (Å²) in [6.45, 7) is -0.262. The molecule has 1 rings (SSSR count). The lowest BCUT2D eigenvalue weighted by atomic mass is 10.0. The van der Waals surface area contributed by atoms with E-state index in [1.807, 2.05) is 0 Å². The van der Waals surface area contributed by atoms with Gasteiger partial charge in [-0.25, -0.2) is 0 Å². The predicted molar refractivity (Wildman–Crippen MR) is 50.5 cm³/mol. The van der Waals surface area contributed by atoms with Crippen LogP contribution in [0.3, 0.4) is 0 Å². The van der Waals surface area contributed by atoms with Gasteiger partial charge in [0.1, 0.15) is 0 Å². The van der Waals surface area contributed by atoms with Gasteiger partial charge in [0.2, 0.25) is 0 Å². The SMILES string of the molecule is FC(F)(F)C(F)(F)C(F)(F)C(F)(F)C(F)(F)OC1CCCCO1. The van der Waals surface area contributed by atoms with E-state index in [0.29, 0.717) is 6.42 Å². The smallest absolute Gasteiger partial charge is 0.352 e. The van der Waals surface area contributed by atoms with Crippen molar-refractivity contribution >= 4 is 0 Å². The lowest BCUT2D eigenvalue weighted by molar-refractivity contribution is -0.471. The van der Waals surface area contributed by atoms with Gasteiger partial charge in [-0.2, -0.15) is 48.3 Å². The van der Waals surface area contributed by atoms with Crippen LogP contribution < -0.4 is 0 Å². The highest BCUT2D eigenvalue weighted by Gasteiger charge is 2.88. The third-order valence-corrected chi connectivity index (χ3v) is 2.93. The molecule has 2 nitrogen and oxygen atoms in total. The van der Waals surface area contributed by atoms with Gasteiger partial charge in [-0.15, -0.1) is 0 Å². The number of alkyl halides is 11. The molecule has 1 aliphatic rings. The minimum atomic E-state index is -7.46. The largest absolute Gasteiger partial charge is 0.460 e. The van der Waals surface area contributed by atoms with E-state index < -0.39 is 42.8 Å². The number of hydrogen-bond donors (Lipinski definition) is 0. The summed E-state index contributed by atoms with van der Waals surface area (Å²) >= 11 is 0. The highest BCUT2D eigenvalue weighted by Crippen LogP contribution is 2.57. The Kier molecular flexibility index (Phi) is 5.18. The number of rotatable bonds is 5. The fourth-order valence-electron chi connectivity index (χ4n) is 1.60. The maximum atomic E-state index is 13.2. The highest BCUT2D eigenvalue weighted by molar-refractivity contribution is 5.03. The number of halogens is 11. The van der Waals surface area contributed by atoms with E-state index in [1.54, 1.807) is 0 Å². The van der Waals surface area contributed by atoms with Crippen molar-refractivity contribution in [2.45, 2.75) is 55.6 Å². The van der Waals surface area contributed by atoms with Crippen molar-refractivity contribution in [3.63, 3.8) is 0 Å². The molecule has 1 saturated heterocycles. The maximum absolute atomic E-state index is 13.2. The van der Waals surface area contributed by atoms with Gasteiger partial charge in [-0.05, 0) is 19.3 Å². The van der Waals surface area contributed by atoms with Crippen molar-refractivity contribution in [1.29, 1.82) is 0 Å². The molecule has 1 atom stereocenters. The van der Waals surface area contributed by atoms with Crippen molar-refractivity contribution < 1.29 is 57.8 Å². The average molecular weight is 370 g/mol. The fourth-order valence-corrected chi connectivity index (χ4v) is 1.60. The lowest BCUT2D eigenvalue weighted by Crippen LogP contribution is -2.67. The zero-order chi connectivity index (χ0) is 18.3. The van der Waals surface area contributed by atoms with Gasteiger partial charge in [-0.3, -0.25) is 4.74 Å². The first-order chi connectivity index (χ1) is 10.1. The maximum Gasteiger partial charge on any atom is 0.460 e. The highest BCUT2D eigenvalue weighted by atomic mass is 19.4. The van der Waals surface area contributed by atoms with E-state index in [-0.39, 0.29) is 13.0 Å². The first kappa shape index (κ1) is 20.2. The Bertz CT molecular complexity index is 412. The van der Waals surface area contributed by atoms with Crippen molar-refractivity contribution in [2.75, 3.05) is 6.61 Å². The predicted octanol–water partition coefficient (Wildman–Crippen LogP) is 4.59. The Morgan fingerprint density at radius 1 is 0.696 bits per heavy atom. The number of hydrogen-bond acceptors (Lipinski definition) is 2. The van der Waals surface area contributed by atoms with Gasteiger partial charge in [0.05, 0.1) is 0 Å². The monoisotopic (exact) mass is 370 g/mol. The third-order valence-electron chi connectivity index (χ3n) is 2.93. The van der Waals surface area contributed by atoms with Gasteiger partial charge in [0, 0.05) is 6.61 Å². The Morgan fingerprint density at radius 2 is 1.22 bits per heavy atom. The summed E-state index contributed by atoms with van der Waals surface area (Å²) in [4.78, 5) is 0. The summed E-state index contributed by atoms with van der Waals surface area (Å²) < 4.78 is 147. The van der Waals surface area contributed by atoms with Crippen LogP contribution in [0, 0.1) is 0 Å². The van der Waals surface area contributed by atoms with E-state index in [2.05, 4.69) is 9.47 Å². The Labute approximate surface area is 121 Å². The molecule has 0 bridgehead atoms. The fraction of sp³-hybridized carbons (Fsp3) is 1.00. The molecule has 0 aromatic rings. The molecule has 0 aromatic carbocycles. The van der Waals surface area contributed by atoms with Crippen molar-refractivity contribution in [1.82, 2.24) is 0 Å². The second-order valence-electron chi connectivity index (χ2n) is 4.65. The molecule has 0 aliphatic carbocycles. The molecular weight excluding hydrogens is 361 g/mol. The summed E-state index contributed by atoms with van der Waals surface area (Å²) in [7, 11) is 0. The van der Waals surface area contributed by atoms with Crippen LogP contribution in [0.1, 0.15) is 19.3 Å². The van der Waals surface area contributed by atoms with E-state index in [0.717, 1.165) is 0 Å². The van der Waals surface area contributed by atoms with Crippen molar-refractivity contribution in [2.24, 2.45) is 0 Å². The minimum Gasteiger partial charge on any atom is -0.352 e. The molecule has 0 radical (unpaired) electrons. The Balaban J connectivity index is 3.10. The van der Waals surface area contributed by atoms with Crippen LogP contribution in [0.2, 0.25) is 0 Å². The molecule has 1 heterocycles. The van der Waals surface area contributed by atoms with E-state index in [9.17, 15) is 48.3 Å². The molecule has 0 saturated carbocycles. The van der Waals surface area contributed by atoms with Gasteiger partial charge < -0.3 is 4.74 Å². The molecule has 138 valence electrons. The number of ether oxygens (including phenoxy) is 2. The van der Waals surface area contributed by atoms with Crippen LogP contribution in [0.25, 0.3) is 0 Å². The quantitative estimate of drug-likeness (QED) is 0.659. The Morgan fingerprint density at radius 3 is 1.61 bits per heavy atom. The summed E-state index contributed by atoms with van der Waals surface area (Å²) in [6.07, 6.45) is -15.7. The molecule has 1 unspecified atom stereocenters. The average Bonchev–Trinajstić information content (AvgIpc) is 2.37. The molecular formula is C10H9F11O2. The van der Waals surface area contributed by atoms with Crippen LogP contribution in [0.15, 0.2) is 0 Å². The summed E-state index contributed by atoms with van der Waals surface area (Å²) in [5.41, 5.74) is 0. The lowest BCUT2D eigenvalue weighted by Gasteiger charge is -2.38. The van der Waals surface area contributed by atoms with Crippen molar-refractivity contribution in [3.8, 4) is 0 Å². The normalized spacial score (nSPS) is 22.3. The van der Waals surface area contributed by atoms with Crippen molar-refractivity contribution in [3.05, 3.63) is 0 Å². The van der Waals surface area contributed by atoms with Gasteiger partial charge in [0.15, 0.2) is 6.29 Å². The first-order valence-corrected chi connectivity index (χ1v) is 5.95. The zero-order valence-electron chi connectivity index (χ0n) is 10.9. The van der Waals surface area contributed by atoms with Crippen LogP contribution >= 0.6 is 0 Å². The molecule has 23 heavy (non-hydrogen) atoms. The molecule has 13 heteroatoms. The first-order valence-electron chi connectivity index (χ1n) is 5.95. The van der Waals surface area contributed by atoms with Gasteiger partial charge in [-0.1, -0.05) is 0 Å². The summed E-state index contributed by atoms with van der Waals surface area (Å²) in [5, 5.41) is 0. The van der Waals surface area contributed by atoms with E-state index >= 15 is 0 Å².